The molecule has 146 valence electrons. The Morgan fingerprint density at radius 2 is 1.50 bits per heavy atom. The van der Waals surface area contributed by atoms with Gasteiger partial charge in [-0.25, -0.2) is 4.79 Å². The Morgan fingerprint density at radius 3 is 2.29 bits per heavy atom. The number of nitrogens with zero attached hydrogens (tertiary/aromatic N) is 2. The first-order valence-corrected chi connectivity index (χ1v) is 10.1. The maximum atomic E-state index is 12.9. The van der Waals surface area contributed by atoms with Crippen LogP contribution < -0.4 is 4.74 Å². The van der Waals surface area contributed by atoms with Crippen molar-refractivity contribution >= 4 is 12.0 Å². The maximum absolute atomic E-state index is 12.9. The third-order valence-corrected chi connectivity index (χ3v) is 5.58. The Balaban J connectivity index is 1.45. The highest BCUT2D eigenvalue weighted by molar-refractivity contribution is 5.81. The SMILES string of the molecule is O=C(Oc1ccccc1-c1ccccc1)[C@H]1CCCN(C(=O)N2CCCC2)C1. The molecule has 0 bridgehead atoms. The lowest BCUT2D eigenvalue weighted by atomic mass is 9.98. The monoisotopic (exact) mass is 378 g/mol. The molecule has 0 saturated carbocycles. The van der Waals surface area contributed by atoms with Crippen molar-refractivity contribution in [3.05, 3.63) is 54.6 Å². The number of carbonyl (C=O) groups is 2. The van der Waals surface area contributed by atoms with Crippen LogP contribution in [0.5, 0.6) is 5.75 Å². The highest BCUT2D eigenvalue weighted by Crippen LogP contribution is 2.31. The summed E-state index contributed by atoms with van der Waals surface area (Å²) in [5.74, 6) is 0.0492. The Bertz CT molecular complexity index is 831. The molecule has 2 aromatic carbocycles. The van der Waals surface area contributed by atoms with Crippen molar-refractivity contribution in [1.82, 2.24) is 9.80 Å². The molecule has 2 fully saturated rings. The predicted molar refractivity (Wildman–Crippen MR) is 108 cm³/mol. The summed E-state index contributed by atoms with van der Waals surface area (Å²) in [5.41, 5.74) is 1.91. The van der Waals surface area contributed by atoms with E-state index in [1.54, 1.807) is 0 Å². The van der Waals surface area contributed by atoms with Crippen LogP contribution in [-0.2, 0) is 4.79 Å². The van der Waals surface area contributed by atoms with E-state index >= 15 is 0 Å². The van der Waals surface area contributed by atoms with Gasteiger partial charge in [0.05, 0.1) is 5.92 Å². The second kappa shape index (κ2) is 8.46. The van der Waals surface area contributed by atoms with Crippen molar-refractivity contribution in [3.63, 3.8) is 0 Å². The Morgan fingerprint density at radius 1 is 0.821 bits per heavy atom. The Kier molecular flexibility index (Phi) is 5.60. The van der Waals surface area contributed by atoms with E-state index in [0.29, 0.717) is 12.3 Å². The molecule has 2 amide bonds. The zero-order valence-electron chi connectivity index (χ0n) is 16.0. The van der Waals surface area contributed by atoms with E-state index in [2.05, 4.69) is 0 Å². The highest BCUT2D eigenvalue weighted by Gasteiger charge is 2.32. The number of amides is 2. The van der Waals surface area contributed by atoms with Crippen molar-refractivity contribution in [1.29, 1.82) is 0 Å². The van der Waals surface area contributed by atoms with Gasteiger partial charge < -0.3 is 14.5 Å². The standard InChI is InChI=1S/C23H26N2O3/c26-22(19-11-8-16-25(17-19)23(27)24-14-6-7-15-24)28-21-13-5-4-12-20(21)18-9-2-1-3-10-18/h1-5,9-10,12-13,19H,6-8,11,14-17H2/t19-/m0/s1. The van der Waals surface area contributed by atoms with Gasteiger partial charge in [0.2, 0.25) is 0 Å². The molecular weight excluding hydrogens is 352 g/mol. The van der Waals surface area contributed by atoms with Crippen LogP contribution in [0, 0.1) is 5.92 Å². The first-order chi connectivity index (χ1) is 13.7. The van der Waals surface area contributed by atoms with Gasteiger partial charge in [-0.2, -0.15) is 0 Å². The zero-order valence-corrected chi connectivity index (χ0v) is 16.0. The molecule has 28 heavy (non-hydrogen) atoms. The minimum atomic E-state index is -0.274. The Labute approximate surface area is 165 Å². The number of para-hydroxylation sites is 1. The minimum Gasteiger partial charge on any atom is -0.426 e. The second-order valence-electron chi connectivity index (χ2n) is 7.55. The van der Waals surface area contributed by atoms with Crippen LogP contribution in [0.3, 0.4) is 0 Å². The van der Waals surface area contributed by atoms with Crippen LogP contribution in [0.2, 0.25) is 0 Å². The van der Waals surface area contributed by atoms with Gasteiger partial charge in [0.25, 0.3) is 0 Å². The molecule has 4 rings (SSSR count). The second-order valence-corrected chi connectivity index (χ2v) is 7.55. The number of hydrogen-bond acceptors (Lipinski definition) is 3. The summed E-state index contributed by atoms with van der Waals surface area (Å²) < 4.78 is 5.80. The van der Waals surface area contributed by atoms with Gasteiger partial charge in [-0.1, -0.05) is 48.5 Å². The summed E-state index contributed by atoms with van der Waals surface area (Å²) in [4.78, 5) is 29.3. The lowest BCUT2D eigenvalue weighted by molar-refractivity contribution is -0.140. The smallest absolute Gasteiger partial charge is 0.320 e. The van der Waals surface area contributed by atoms with E-state index in [4.69, 9.17) is 4.74 Å². The van der Waals surface area contributed by atoms with Gasteiger partial charge >= 0.3 is 12.0 Å². The molecule has 0 unspecified atom stereocenters. The molecule has 2 saturated heterocycles. The number of hydrogen-bond donors (Lipinski definition) is 0. The van der Waals surface area contributed by atoms with E-state index in [1.165, 1.54) is 0 Å². The first-order valence-electron chi connectivity index (χ1n) is 10.1. The van der Waals surface area contributed by atoms with Gasteiger partial charge in [-0.15, -0.1) is 0 Å². The van der Waals surface area contributed by atoms with Gasteiger partial charge in [0.15, 0.2) is 0 Å². The van der Waals surface area contributed by atoms with Crippen LogP contribution in [0.15, 0.2) is 54.6 Å². The quantitative estimate of drug-likeness (QED) is 0.594. The van der Waals surface area contributed by atoms with Crippen molar-refractivity contribution in [2.45, 2.75) is 25.7 Å². The first kappa shape index (κ1) is 18.5. The van der Waals surface area contributed by atoms with Crippen molar-refractivity contribution in [3.8, 4) is 16.9 Å². The third-order valence-electron chi connectivity index (χ3n) is 5.58. The van der Waals surface area contributed by atoms with Crippen LogP contribution in [-0.4, -0.2) is 48.0 Å². The number of esters is 1. The van der Waals surface area contributed by atoms with Crippen LogP contribution in [0.4, 0.5) is 4.79 Å². The van der Waals surface area contributed by atoms with E-state index in [9.17, 15) is 9.59 Å². The molecule has 5 nitrogen and oxygen atoms in total. The molecule has 1 atom stereocenters. The fourth-order valence-corrected chi connectivity index (χ4v) is 4.06. The fourth-order valence-electron chi connectivity index (χ4n) is 4.06. The lowest BCUT2D eigenvalue weighted by Gasteiger charge is -2.34. The minimum absolute atomic E-state index is 0.0692. The number of urea groups is 1. The topological polar surface area (TPSA) is 49.9 Å². The molecule has 2 aliphatic heterocycles. The average Bonchev–Trinajstić information content (AvgIpc) is 3.29. The number of benzene rings is 2. The number of carbonyl (C=O) groups excluding carboxylic acids is 2. The third kappa shape index (κ3) is 4.03. The molecule has 0 aliphatic carbocycles. The van der Waals surface area contributed by atoms with Gasteiger partial charge in [0, 0.05) is 31.7 Å². The summed E-state index contributed by atoms with van der Waals surface area (Å²) >= 11 is 0. The molecule has 2 heterocycles. The molecule has 5 heteroatoms. The Hall–Kier alpha value is -2.82. The molecule has 0 spiro atoms. The van der Waals surface area contributed by atoms with E-state index < -0.39 is 0 Å². The summed E-state index contributed by atoms with van der Waals surface area (Å²) in [6.45, 7) is 2.82. The van der Waals surface area contributed by atoms with Crippen molar-refractivity contribution in [2.24, 2.45) is 5.92 Å². The molecule has 2 aromatic rings. The number of ether oxygens (including phenoxy) is 1. The van der Waals surface area contributed by atoms with Crippen LogP contribution >= 0.6 is 0 Å². The van der Waals surface area contributed by atoms with Gasteiger partial charge in [0.1, 0.15) is 5.75 Å². The van der Waals surface area contributed by atoms with Gasteiger partial charge in [-0.05, 0) is 37.3 Å². The largest absolute Gasteiger partial charge is 0.426 e. The zero-order chi connectivity index (χ0) is 19.3. The number of rotatable bonds is 3. The van der Waals surface area contributed by atoms with Crippen molar-refractivity contribution in [2.75, 3.05) is 26.2 Å². The molecular formula is C23H26N2O3. The molecule has 0 N–H and O–H groups in total. The fraction of sp³-hybridized carbons (Fsp3) is 0.391. The van der Waals surface area contributed by atoms with Gasteiger partial charge in [-0.3, -0.25) is 4.79 Å². The average molecular weight is 378 g/mol. The van der Waals surface area contributed by atoms with Crippen LogP contribution in [0.1, 0.15) is 25.7 Å². The van der Waals surface area contributed by atoms with E-state index in [0.717, 1.165) is 56.4 Å². The van der Waals surface area contributed by atoms with E-state index in [-0.39, 0.29) is 17.9 Å². The normalized spacial score (nSPS) is 19.5. The predicted octanol–water partition coefficient (Wildman–Crippen LogP) is 4.19. The molecule has 0 radical (unpaired) electrons. The summed E-state index contributed by atoms with van der Waals surface area (Å²) in [5, 5.41) is 0. The molecule has 0 aromatic heterocycles. The summed E-state index contributed by atoms with van der Waals surface area (Å²) in [6.07, 6.45) is 3.73. The summed E-state index contributed by atoms with van der Waals surface area (Å²) in [6, 6.07) is 17.6. The van der Waals surface area contributed by atoms with Crippen molar-refractivity contribution < 1.29 is 14.3 Å². The summed E-state index contributed by atoms with van der Waals surface area (Å²) in [7, 11) is 0. The highest BCUT2D eigenvalue weighted by atomic mass is 16.5. The van der Waals surface area contributed by atoms with E-state index in [1.807, 2.05) is 64.4 Å². The maximum Gasteiger partial charge on any atom is 0.320 e. The number of piperidine rings is 1. The molecule has 2 aliphatic rings. The number of likely N-dealkylation sites (tertiary alicyclic amines) is 2. The van der Waals surface area contributed by atoms with Crippen LogP contribution in [0.25, 0.3) is 11.1 Å². The lowest BCUT2D eigenvalue weighted by Crippen LogP contribution is -2.48.